The smallest absolute Gasteiger partial charge is 0.378 e. The summed E-state index contributed by atoms with van der Waals surface area (Å²) in [5, 5.41) is 1.34. The molecular formula is C18H17ClF3N5O4S2. The van der Waals surface area contributed by atoms with Crippen LogP contribution in [0.4, 0.5) is 19.0 Å². The van der Waals surface area contributed by atoms with E-state index in [0.29, 0.717) is 0 Å². The van der Waals surface area contributed by atoms with E-state index < -0.39 is 38.6 Å². The molecule has 2 aromatic rings. The number of ether oxygens (including phenoxy) is 1. The first-order valence-electron chi connectivity index (χ1n) is 9.42. The van der Waals surface area contributed by atoms with Crippen LogP contribution in [0.1, 0.15) is 26.7 Å². The Balaban J connectivity index is 1.71. The summed E-state index contributed by atoms with van der Waals surface area (Å²) in [6.07, 6.45) is -4.54. The highest BCUT2D eigenvalue weighted by molar-refractivity contribution is 7.90. The Morgan fingerprint density at radius 2 is 2.15 bits per heavy atom. The number of nitrogens with two attached hydrogens (primary N) is 1. The number of guanidine groups is 1. The number of carbonyl (C=O) groups is 1. The second-order valence-corrected chi connectivity index (χ2v) is 11.0. The average Bonchev–Trinajstić information content (AvgIpc) is 3.14. The van der Waals surface area contributed by atoms with Crippen LogP contribution in [0.15, 0.2) is 29.3 Å². The number of halogens is 4. The van der Waals surface area contributed by atoms with Crippen LogP contribution in [0.3, 0.4) is 0 Å². The van der Waals surface area contributed by atoms with Crippen molar-refractivity contribution in [2.45, 2.75) is 23.4 Å². The molecule has 0 spiro atoms. The largest absolute Gasteiger partial charge is 0.433 e. The summed E-state index contributed by atoms with van der Waals surface area (Å²) in [6, 6.07) is 4.40. The standard InChI is InChI=1S/C18H17ClF3N5O4S2/c1-27-16(23)26-17(8-31-6-5-12(17)33(27,29)30)14-9(19)7-10(32-14)15(28)25-13-4-2-3-11(24-13)18(20,21)22/h2-4,7,12H,5-6,8H2,1H3,(H2,23,26)(H,24,25,28). The molecule has 0 radical (unpaired) electrons. The van der Waals surface area contributed by atoms with Gasteiger partial charge in [-0.3, -0.25) is 4.79 Å². The molecule has 1 amide bonds. The maximum absolute atomic E-state index is 13.0. The number of nitrogens with zero attached hydrogens (tertiary/aromatic N) is 3. The molecule has 15 heteroatoms. The number of alkyl halides is 3. The van der Waals surface area contributed by atoms with Gasteiger partial charge in [-0.05, 0) is 24.6 Å². The first-order chi connectivity index (χ1) is 15.4. The van der Waals surface area contributed by atoms with Gasteiger partial charge in [0.15, 0.2) is 0 Å². The molecule has 2 aliphatic rings. The van der Waals surface area contributed by atoms with Crippen LogP contribution in [0.2, 0.25) is 5.02 Å². The van der Waals surface area contributed by atoms with E-state index in [2.05, 4.69) is 15.3 Å². The second kappa shape index (κ2) is 8.11. The Morgan fingerprint density at radius 1 is 1.42 bits per heavy atom. The Bertz CT molecular complexity index is 1250. The number of aromatic nitrogens is 1. The van der Waals surface area contributed by atoms with Crippen molar-refractivity contribution in [3.8, 4) is 0 Å². The Labute approximate surface area is 195 Å². The van der Waals surface area contributed by atoms with Gasteiger partial charge < -0.3 is 15.8 Å². The van der Waals surface area contributed by atoms with Gasteiger partial charge in [-0.15, -0.1) is 11.3 Å². The number of hydrogen-bond acceptors (Lipinski definition) is 8. The van der Waals surface area contributed by atoms with E-state index >= 15 is 0 Å². The number of aliphatic imine (C=N–C) groups is 1. The molecule has 2 aliphatic heterocycles. The zero-order valence-electron chi connectivity index (χ0n) is 16.9. The SMILES string of the molecule is CN1C(N)=NC2(c3sc(C(=O)Nc4cccc(C(F)(F)F)n4)cc3Cl)COCCC2S1(=O)=O. The predicted octanol–water partition coefficient (Wildman–Crippen LogP) is 2.64. The number of amides is 1. The van der Waals surface area contributed by atoms with Gasteiger partial charge in [-0.1, -0.05) is 17.7 Å². The minimum absolute atomic E-state index is 0.0259. The molecule has 178 valence electrons. The maximum Gasteiger partial charge on any atom is 0.433 e. The molecule has 2 atom stereocenters. The molecule has 33 heavy (non-hydrogen) atoms. The third kappa shape index (κ3) is 4.05. The lowest BCUT2D eigenvalue weighted by Gasteiger charge is -2.45. The van der Waals surface area contributed by atoms with E-state index in [1.165, 1.54) is 19.2 Å². The summed E-state index contributed by atoms with van der Waals surface area (Å²) < 4.78 is 71.2. The molecule has 3 N–H and O–H groups in total. The average molecular weight is 524 g/mol. The van der Waals surface area contributed by atoms with Crippen molar-refractivity contribution in [2.24, 2.45) is 10.7 Å². The van der Waals surface area contributed by atoms with Crippen molar-refractivity contribution < 1.29 is 31.1 Å². The Morgan fingerprint density at radius 3 is 2.85 bits per heavy atom. The third-order valence-electron chi connectivity index (χ3n) is 5.34. The van der Waals surface area contributed by atoms with Crippen LogP contribution < -0.4 is 11.1 Å². The summed E-state index contributed by atoms with van der Waals surface area (Å²) >= 11 is 7.26. The van der Waals surface area contributed by atoms with Gasteiger partial charge >= 0.3 is 6.18 Å². The highest BCUT2D eigenvalue weighted by atomic mass is 35.5. The Hall–Kier alpha value is -2.42. The van der Waals surface area contributed by atoms with E-state index in [9.17, 15) is 26.4 Å². The summed E-state index contributed by atoms with van der Waals surface area (Å²) in [5.41, 5.74) is 3.26. The summed E-state index contributed by atoms with van der Waals surface area (Å²) in [4.78, 5) is 20.8. The fourth-order valence-electron chi connectivity index (χ4n) is 3.72. The fourth-order valence-corrected chi connectivity index (χ4v) is 7.18. The van der Waals surface area contributed by atoms with Crippen molar-refractivity contribution in [2.75, 3.05) is 25.6 Å². The number of pyridine rings is 1. The van der Waals surface area contributed by atoms with E-state index in [0.717, 1.165) is 27.8 Å². The molecule has 9 nitrogen and oxygen atoms in total. The first kappa shape index (κ1) is 23.7. The first-order valence-corrected chi connectivity index (χ1v) is 12.1. The van der Waals surface area contributed by atoms with Crippen LogP contribution in [0.5, 0.6) is 0 Å². The van der Waals surface area contributed by atoms with Crippen molar-refractivity contribution >= 4 is 50.6 Å². The van der Waals surface area contributed by atoms with E-state index in [1.807, 2.05) is 0 Å². The number of nitrogens with one attached hydrogen (secondary N) is 1. The lowest BCUT2D eigenvalue weighted by atomic mass is 9.90. The molecule has 0 bridgehead atoms. The molecule has 0 aliphatic carbocycles. The van der Waals surface area contributed by atoms with Gasteiger partial charge in [0, 0.05) is 13.7 Å². The van der Waals surface area contributed by atoms with E-state index in [-0.39, 0.29) is 46.2 Å². The van der Waals surface area contributed by atoms with Gasteiger partial charge in [0.05, 0.1) is 21.4 Å². The zero-order chi connectivity index (χ0) is 24.2. The monoisotopic (exact) mass is 523 g/mol. The highest BCUT2D eigenvalue weighted by Gasteiger charge is 2.56. The number of rotatable bonds is 3. The van der Waals surface area contributed by atoms with Gasteiger partial charge in [0.25, 0.3) is 5.91 Å². The van der Waals surface area contributed by atoms with Gasteiger partial charge in [-0.25, -0.2) is 22.7 Å². The number of hydrogen-bond donors (Lipinski definition) is 2. The van der Waals surface area contributed by atoms with E-state index in [1.54, 1.807) is 0 Å². The van der Waals surface area contributed by atoms with Crippen LogP contribution in [0.25, 0.3) is 0 Å². The number of thiophene rings is 1. The van der Waals surface area contributed by atoms with Crippen molar-refractivity contribution in [3.63, 3.8) is 0 Å². The third-order valence-corrected chi connectivity index (χ3v) is 9.35. The summed E-state index contributed by atoms with van der Waals surface area (Å²) in [7, 11) is -2.59. The van der Waals surface area contributed by atoms with Crippen LogP contribution in [-0.2, 0) is 26.5 Å². The highest BCUT2D eigenvalue weighted by Crippen LogP contribution is 2.48. The Kier molecular flexibility index (Phi) is 5.83. The summed E-state index contributed by atoms with van der Waals surface area (Å²) in [6.45, 7) is 0.0639. The van der Waals surface area contributed by atoms with Crippen LogP contribution in [-0.4, -0.2) is 55.1 Å². The topological polar surface area (TPSA) is 127 Å². The van der Waals surface area contributed by atoms with Crippen LogP contribution >= 0.6 is 22.9 Å². The molecule has 0 saturated carbocycles. The van der Waals surface area contributed by atoms with Crippen molar-refractivity contribution in [1.82, 2.24) is 9.29 Å². The van der Waals surface area contributed by atoms with Gasteiger partial charge in [0.2, 0.25) is 16.0 Å². The fraction of sp³-hybridized carbons (Fsp3) is 0.389. The minimum Gasteiger partial charge on any atom is -0.378 e. The quantitative estimate of drug-likeness (QED) is 0.637. The lowest BCUT2D eigenvalue weighted by Crippen LogP contribution is -2.60. The van der Waals surface area contributed by atoms with Gasteiger partial charge in [0.1, 0.15) is 22.3 Å². The molecule has 0 aromatic carbocycles. The van der Waals surface area contributed by atoms with Gasteiger partial charge in [-0.2, -0.15) is 13.2 Å². The lowest BCUT2D eigenvalue weighted by molar-refractivity contribution is -0.141. The summed E-state index contributed by atoms with van der Waals surface area (Å²) in [5.74, 6) is -1.32. The van der Waals surface area contributed by atoms with Crippen molar-refractivity contribution in [1.29, 1.82) is 0 Å². The molecule has 1 saturated heterocycles. The molecule has 2 aromatic heterocycles. The van der Waals surface area contributed by atoms with Crippen molar-refractivity contribution in [3.05, 3.63) is 44.7 Å². The molecule has 1 fully saturated rings. The molecule has 4 rings (SSSR count). The molecule has 4 heterocycles. The zero-order valence-corrected chi connectivity index (χ0v) is 19.3. The predicted molar refractivity (Wildman–Crippen MR) is 116 cm³/mol. The second-order valence-electron chi connectivity index (χ2n) is 7.38. The number of carbonyl (C=O) groups excluding carboxylic acids is 1. The number of anilines is 1. The normalized spacial score (nSPS) is 24.7. The molecule has 2 unspecified atom stereocenters. The minimum atomic E-state index is -4.67. The number of fused-ring (bicyclic) bond motifs is 1. The van der Waals surface area contributed by atoms with E-state index in [4.69, 9.17) is 22.1 Å². The van der Waals surface area contributed by atoms with Crippen LogP contribution in [0, 0.1) is 0 Å². The maximum atomic E-state index is 13.0. The molecular weight excluding hydrogens is 507 g/mol. The number of sulfonamides is 1.